The van der Waals surface area contributed by atoms with E-state index >= 15 is 0 Å². The van der Waals surface area contributed by atoms with Gasteiger partial charge in [-0.15, -0.1) is 0 Å². The number of nitrogens with one attached hydrogen (secondary N) is 1. The summed E-state index contributed by atoms with van der Waals surface area (Å²) in [6.45, 7) is 4.05. The number of hydrogen-bond acceptors (Lipinski definition) is 5. The molecule has 32 heavy (non-hydrogen) atoms. The first-order chi connectivity index (χ1) is 15.6. The Labute approximate surface area is 195 Å². The van der Waals surface area contributed by atoms with Crippen LogP contribution in [0.2, 0.25) is 0 Å². The molecule has 2 aromatic heterocycles. The molecular weight excluding hydrogens is 472 g/mol. The number of benzene rings is 1. The number of amides is 2. The van der Waals surface area contributed by atoms with Gasteiger partial charge in [0.05, 0.1) is 17.5 Å². The third kappa shape index (κ3) is 5.34. The van der Waals surface area contributed by atoms with Crippen LogP contribution in [0.1, 0.15) is 27.1 Å². The van der Waals surface area contributed by atoms with E-state index in [1.807, 2.05) is 46.0 Å². The molecular formula is C23H25BrN6O2. The van der Waals surface area contributed by atoms with Gasteiger partial charge in [-0.1, -0.05) is 12.1 Å². The molecule has 0 radical (unpaired) electrons. The Hall–Kier alpha value is -3.20. The van der Waals surface area contributed by atoms with Gasteiger partial charge in [0.25, 0.3) is 11.8 Å². The summed E-state index contributed by atoms with van der Waals surface area (Å²) in [7, 11) is 0. The molecule has 8 nitrogen and oxygen atoms in total. The van der Waals surface area contributed by atoms with E-state index in [2.05, 4.69) is 36.1 Å². The predicted octanol–water partition coefficient (Wildman–Crippen LogP) is 2.82. The van der Waals surface area contributed by atoms with E-state index in [-0.39, 0.29) is 11.8 Å². The number of nitrogens with zero attached hydrogens (tertiary/aromatic N) is 5. The smallest absolute Gasteiger partial charge is 0.255 e. The Morgan fingerprint density at radius 3 is 2.56 bits per heavy atom. The summed E-state index contributed by atoms with van der Waals surface area (Å²) >= 11 is 3.45. The molecule has 1 N–H and O–H groups in total. The maximum atomic E-state index is 12.8. The fraction of sp³-hybridized carbons (Fsp3) is 0.304. The molecule has 1 aliphatic heterocycles. The molecule has 0 saturated carbocycles. The van der Waals surface area contributed by atoms with Crippen LogP contribution in [0.25, 0.3) is 0 Å². The Morgan fingerprint density at radius 1 is 1.06 bits per heavy atom. The van der Waals surface area contributed by atoms with E-state index in [0.29, 0.717) is 43.9 Å². The molecule has 3 aromatic rings. The molecule has 0 atom stereocenters. The summed E-state index contributed by atoms with van der Waals surface area (Å²) in [6, 6.07) is 11.1. The lowest BCUT2D eigenvalue weighted by molar-refractivity contribution is 0.0745. The van der Waals surface area contributed by atoms with Gasteiger partial charge < -0.3 is 19.7 Å². The van der Waals surface area contributed by atoms with Crippen molar-refractivity contribution in [3.8, 4) is 0 Å². The number of imidazole rings is 1. The largest absolute Gasteiger partial charge is 0.353 e. The van der Waals surface area contributed by atoms with Crippen LogP contribution in [-0.2, 0) is 6.54 Å². The second kappa shape index (κ2) is 10.4. The maximum Gasteiger partial charge on any atom is 0.255 e. The van der Waals surface area contributed by atoms with Crippen molar-refractivity contribution in [1.29, 1.82) is 0 Å². The Kier molecular flexibility index (Phi) is 7.16. The average Bonchev–Trinajstić information content (AvgIpc) is 3.35. The van der Waals surface area contributed by atoms with Gasteiger partial charge in [0.2, 0.25) is 0 Å². The van der Waals surface area contributed by atoms with Crippen molar-refractivity contribution in [2.75, 3.05) is 37.6 Å². The highest BCUT2D eigenvalue weighted by molar-refractivity contribution is 9.10. The topological polar surface area (TPSA) is 83.4 Å². The Balaban J connectivity index is 1.25. The van der Waals surface area contributed by atoms with E-state index in [9.17, 15) is 9.59 Å². The van der Waals surface area contributed by atoms with Gasteiger partial charge >= 0.3 is 0 Å². The lowest BCUT2D eigenvalue weighted by atomic mass is 10.2. The molecule has 1 saturated heterocycles. The first-order valence-corrected chi connectivity index (χ1v) is 11.4. The predicted molar refractivity (Wildman–Crippen MR) is 126 cm³/mol. The number of carbonyl (C=O) groups excluding carboxylic acids is 2. The summed E-state index contributed by atoms with van der Waals surface area (Å²) in [5.41, 5.74) is 1.22. The molecule has 1 aliphatic rings. The number of aryl methyl sites for hydroxylation is 1. The van der Waals surface area contributed by atoms with E-state index in [0.717, 1.165) is 23.3 Å². The minimum absolute atomic E-state index is 0.0325. The molecule has 0 bridgehead atoms. The van der Waals surface area contributed by atoms with E-state index < -0.39 is 0 Å². The molecule has 0 unspecified atom stereocenters. The van der Waals surface area contributed by atoms with Gasteiger partial charge in [0.1, 0.15) is 5.82 Å². The lowest BCUT2D eigenvalue weighted by Crippen LogP contribution is -2.49. The number of aromatic nitrogens is 3. The van der Waals surface area contributed by atoms with Crippen molar-refractivity contribution in [2.45, 2.75) is 13.0 Å². The highest BCUT2D eigenvalue weighted by Gasteiger charge is 2.24. The van der Waals surface area contributed by atoms with Crippen molar-refractivity contribution in [1.82, 2.24) is 24.8 Å². The van der Waals surface area contributed by atoms with Crippen LogP contribution < -0.4 is 10.2 Å². The molecule has 2 amide bonds. The van der Waals surface area contributed by atoms with Gasteiger partial charge in [-0.3, -0.25) is 9.59 Å². The monoisotopic (exact) mass is 496 g/mol. The van der Waals surface area contributed by atoms with Crippen LogP contribution in [0.3, 0.4) is 0 Å². The van der Waals surface area contributed by atoms with E-state index in [1.165, 1.54) is 0 Å². The summed E-state index contributed by atoms with van der Waals surface area (Å²) in [6.07, 6.45) is 7.85. The van der Waals surface area contributed by atoms with Crippen LogP contribution in [0.4, 0.5) is 5.82 Å². The van der Waals surface area contributed by atoms with E-state index in [1.54, 1.807) is 24.8 Å². The molecule has 166 valence electrons. The molecule has 4 rings (SSSR count). The fourth-order valence-electron chi connectivity index (χ4n) is 3.64. The number of pyridine rings is 1. The quantitative estimate of drug-likeness (QED) is 0.508. The first kappa shape index (κ1) is 22.0. The van der Waals surface area contributed by atoms with Crippen LogP contribution >= 0.6 is 15.9 Å². The number of hydrogen-bond donors (Lipinski definition) is 1. The summed E-state index contributed by atoms with van der Waals surface area (Å²) in [5, 5.41) is 2.92. The zero-order chi connectivity index (χ0) is 22.3. The molecule has 9 heteroatoms. The van der Waals surface area contributed by atoms with Gasteiger partial charge in [-0.2, -0.15) is 0 Å². The fourth-order valence-corrected chi connectivity index (χ4v) is 4.09. The third-order valence-electron chi connectivity index (χ3n) is 5.44. The molecule has 3 heterocycles. The SMILES string of the molecule is O=C(NCCCn1ccnc1)c1ccc(N2CCN(C(=O)c3ccccc3Br)CC2)nc1. The van der Waals surface area contributed by atoms with Gasteiger partial charge in [0.15, 0.2) is 0 Å². The normalized spacial score (nSPS) is 13.8. The first-order valence-electron chi connectivity index (χ1n) is 10.6. The number of anilines is 1. The van der Waals surface area contributed by atoms with Gasteiger partial charge in [-0.25, -0.2) is 9.97 Å². The number of halogens is 1. The van der Waals surface area contributed by atoms with Crippen LogP contribution in [0.15, 0.2) is 65.8 Å². The van der Waals surface area contributed by atoms with Gasteiger partial charge in [-0.05, 0) is 46.6 Å². The minimum atomic E-state index is -0.126. The zero-order valence-electron chi connectivity index (χ0n) is 17.7. The van der Waals surface area contributed by atoms with Crippen molar-refractivity contribution in [2.24, 2.45) is 0 Å². The molecule has 0 spiro atoms. The number of carbonyl (C=O) groups is 2. The second-order valence-corrected chi connectivity index (χ2v) is 8.43. The highest BCUT2D eigenvalue weighted by atomic mass is 79.9. The molecule has 0 aliphatic carbocycles. The van der Waals surface area contributed by atoms with Crippen LogP contribution in [-0.4, -0.2) is 64.0 Å². The van der Waals surface area contributed by atoms with Crippen molar-refractivity contribution < 1.29 is 9.59 Å². The van der Waals surface area contributed by atoms with Crippen molar-refractivity contribution in [3.63, 3.8) is 0 Å². The summed E-state index contributed by atoms with van der Waals surface area (Å²) in [4.78, 5) is 37.6. The lowest BCUT2D eigenvalue weighted by Gasteiger charge is -2.35. The average molecular weight is 497 g/mol. The Morgan fingerprint density at radius 2 is 1.88 bits per heavy atom. The van der Waals surface area contributed by atoms with Crippen molar-refractivity contribution in [3.05, 3.63) is 76.9 Å². The van der Waals surface area contributed by atoms with Gasteiger partial charge in [0, 0.05) is 62.3 Å². The number of rotatable bonds is 7. The Bertz CT molecular complexity index is 1050. The number of piperazine rings is 1. The zero-order valence-corrected chi connectivity index (χ0v) is 19.2. The second-order valence-electron chi connectivity index (χ2n) is 7.57. The molecule has 1 fully saturated rings. The summed E-state index contributed by atoms with van der Waals surface area (Å²) < 4.78 is 2.79. The third-order valence-corrected chi connectivity index (χ3v) is 6.13. The van der Waals surface area contributed by atoms with Crippen LogP contribution in [0.5, 0.6) is 0 Å². The van der Waals surface area contributed by atoms with Crippen molar-refractivity contribution >= 4 is 33.6 Å². The minimum Gasteiger partial charge on any atom is -0.353 e. The maximum absolute atomic E-state index is 12.8. The van der Waals surface area contributed by atoms with E-state index in [4.69, 9.17) is 0 Å². The standard InChI is InChI=1S/C23H25BrN6O2/c24-20-5-2-1-4-19(20)23(32)30-14-12-29(13-15-30)21-7-6-18(16-27-21)22(31)26-8-3-10-28-11-9-25-17-28/h1-2,4-7,9,11,16-17H,3,8,10,12-15H2,(H,26,31). The summed E-state index contributed by atoms with van der Waals surface area (Å²) in [5.74, 6) is 0.721. The molecule has 1 aromatic carbocycles. The highest BCUT2D eigenvalue weighted by Crippen LogP contribution is 2.20. The van der Waals surface area contributed by atoms with Crippen LogP contribution in [0, 0.1) is 0 Å².